The van der Waals surface area contributed by atoms with E-state index in [1.807, 2.05) is 0 Å². The van der Waals surface area contributed by atoms with Crippen LogP contribution in [0.1, 0.15) is 38.5 Å². The summed E-state index contributed by atoms with van der Waals surface area (Å²) in [5.41, 5.74) is 0. The lowest BCUT2D eigenvalue weighted by atomic mass is 10.1. The summed E-state index contributed by atoms with van der Waals surface area (Å²) in [7, 11) is -2.05. The molecule has 0 aliphatic heterocycles. The Morgan fingerprint density at radius 2 is 1.91 bits per heavy atom. The summed E-state index contributed by atoms with van der Waals surface area (Å²) in [4.78, 5) is 0. The number of aryl methyl sites for hydroxylation is 1. The van der Waals surface area contributed by atoms with Crippen LogP contribution in [0.25, 0.3) is 0 Å². The van der Waals surface area contributed by atoms with E-state index >= 15 is 0 Å². The molecule has 2 rings (SSSR count). The molecule has 0 spiro atoms. The van der Waals surface area contributed by atoms with Gasteiger partial charge in [0.1, 0.15) is 0 Å². The Bertz CT molecular complexity index is 535. The first kappa shape index (κ1) is 19.7. The molecule has 0 aromatic carbocycles. The van der Waals surface area contributed by atoms with Crippen molar-refractivity contribution in [3.63, 3.8) is 0 Å². The highest BCUT2D eigenvalue weighted by Gasteiger charge is 2.22. The van der Waals surface area contributed by atoms with Crippen molar-refractivity contribution in [1.82, 2.24) is 19.8 Å². The lowest BCUT2D eigenvalue weighted by Gasteiger charge is -2.16. The number of nitrogens with zero attached hydrogens (tertiary/aromatic N) is 2. The van der Waals surface area contributed by atoms with E-state index < -0.39 is 10.0 Å². The first-order valence-electron chi connectivity index (χ1n) is 7.41. The van der Waals surface area contributed by atoms with Crippen molar-refractivity contribution < 1.29 is 8.42 Å². The quantitative estimate of drug-likeness (QED) is 0.593. The van der Waals surface area contributed by atoms with E-state index in [9.17, 15) is 8.42 Å². The maximum Gasteiger partial charge on any atom is 0.259 e. The van der Waals surface area contributed by atoms with Crippen molar-refractivity contribution in [3.05, 3.63) is 11.2 Å². The number of hydrogen-bond donors (Lipinski definition) is 2. The molecule has 0 unspecified atom stereocenters. The highest BCUT2D eigenvalue weighted by molar-refractivity contribution is 7.89. The summed E-state index contributed by atoms with van der Waals surface area (Å²) in [6.45, 7) is 0.972. The van der Waals surface area contributed by atoms with Crippen molar-refractivity contribution in [2.75, 3.05) is 13.1 Å². The van der Waals surface area contributed by atoms with Gasteiger partial charge in [-0.3, -0.25) is 4.68 Å². The van der Waals surface area contributed by atoms with Gasteiger partial charge < -0.3 is 5.32 Å². The SMILES string of the molecule is Cl.Cn1ncc(Cl)c1S(=O)(=O)NCCNC1CCCCCC1. The minimum Gasteiger partial charge on any atom is -0.313 e. The van der Waals surface area contributed by atoms with Gasteiger partial charge in [-0.15, -0.1) is 12.4 Å². The molecule has 1 fully saturated rings. The van der Waals surface area contributed by atoms with Gasteiger partial charge in [-0.2, -0.15) is 5.10 Å². The van der Waals surface area contributed by atoms with Crippen molar-refractivity contribution in [1.29, 1.82) is 0 Å². The van der Waals surface area contributed by atoms with E-state index in [0.29, 0.717) is 19.1 Å². The topological polar surface area (TPSA) is 76.0 Å². The number of sulfonamides is 1. The summed E-state index contributed by atoms with van der Waals surface area (Å²) >= 11 is 5.86. The number of halogens is 2. The Kier molecular flexibility index (Phi) is 8.13. The fourth-order valence-corrected chi connectivity index (χ4v) is 4.40. The van der Waals surface area contributed by atoms with Gasteiger partial charge in [0, 0.05) is 26.2 Å². The average Bonchev–Trinajstić information content (AvgIpc) is 2.66. The lowest BCUT2D eigenvalue weighted by molar-refractivity contribution is 0.461. The maximum absolute atomic E-state index is 12.2. The number of rotatable bonds is 6. The molecule has 0 bridgehead atoms. The third kappa shape index (κ3) is 5.38. The van der Waals surface area contributed by atoms with Gasteiger partial charge >= 0.3 is 0 Å². The Balaban J connectivity index is 0.00000242. The summed E-state index contributed by atoms with van der Waals surface area (Å²) in [6, 6.07) is 0.511. The van der Waals surface area contributed by atoms with Gasteiger partial charge in [0.25, 0.3) is 10.0 Å². The summed E-state index contributed by atoms with van der Waals surface area (Å²) in [5, 5.41) is 7.42. The monoisotopic (exact) mass is 370 g/mol. The van der Waals surface area contributed by atoms with Crippen molar-refractivity contribution in [2.45, 2.75) is 49.6 Å². The molecule has 1 aliphatic carbocycles. The molecule has 1 aliphatic rings. The molecule has 1 aromatic rings. The molecule has 0 radical (unpaired) electrons. The second kappa shape index (κ2) is 9.08. The molecule has 0 saturated heterocycles. The highest BCUT2D eigenvalue weighted by atomic mass is 35.5. The van der Waals surface area contributed by atoms with Gasteiger partial charge in [0.15, 0.2) is 5.03 Å². The second-order valence-electron chi connectivity index (χ2n) is 5.46. The minimum atomic E-state index is -3.61. The van der Waals surface area contributed by atoms with Crippen LogP contribution < -0.4 is 10.0 Å². The summed E-state index contributed by atoms with van der Waals surface area (Å²) < 4.78 is 28.1. The third-order valence-electron chi connectivity index (χ3n) is 3.80. The fourth-order valence-electron chi connectivity index (χ4n) is 2.72. The van der Waals surface area contributed by atoms with Crippen LogP contribution in [0.3, 0.4) is 0 Å². The zero-order chi connectivity index (χ0) is 15.3. The van der Waals surface area contributed by atoms with Crippen LogP contribution in [0.2, 0.25) is 5.02 Å². The van der Waals surface area contributed by atoms with E-state index in [-0.39, 0.29) is 22.5 Å². The molecule has 0 atom stereocenters. The molecular formula is C13H24Cl2N4O2S. The predicted molar refractivity (Wildman–Crippen MR) is 90.1 cm³/mol. The van der Waals surface area contributed by atoms with E-state index in [1.165, 1.54) is 49.4 Å². The largest absolute Gasteiger partial charge is 0.313 e. The Morgan fingerprint density at radius 1 is 1.27 bits per heavy atom. The minimum absolute atomic E-state index is 0. The van der Waals surface area contributed by atoms with Gasteiger partial charge in [-0.25, -0.2) is 13.1 Å². The summed E-state index contributed by atoms with van der Waals surface area (Å²) in [5.74, 6) is 0. The van der Waals surface area contributed by atoms with E-state index in [0.717, 1.165) is 0 Å². The molecule has 6 nitrogen and oxygen atoms in total. The van der Waals surface area contributed by atoms with Crippen LogP contribution in [0, 0.1) is 0 Å². The smallest absolute Gasteiger partial charge is 0.259 e. The second-order valence-corrected chi connectivity index (χ2v) is 7.55. The standard InChI is InChI=1S/C13H23ClN4O2S.ClH/c1-18-13(12(14)10-16-18)21(19,20)17-9-8-15-11-6-4-2-3-5-7-11;/h10-11,15,17H,2-9H2,1H3;1H. The van der Waals surface area contributed by atoms with E-state index in [1.54, 1.807) is 7.05 Å². The van der Waals surface area contributed by atoms with E-state index in [2.05, 4.69) is 15.1 Å². The maximum atomic E-state index is 12.2. The first-order chi connectivity index (χ1) is 10.0. The van der Waals surface area contributed by atoms with Crippen molar-refractivity contribution in [3.8, 4) is 0 Å². The average molecular weight is 371 g/mol. The normalized spacial score (nSPS) is 17.0. The Hall–Kier alpha value is -0.340. The van der Waals surface area contributed by atoms with Crippen LogP contribution in [0.4, 0.5) is 0 Å². The van der Waals surface area contributed by atoms with Crippen LogP contribution in [-0.2, 0) is 17.1 Å². The van der Waals surface area contributed by atoms with Gasteiger partial charge in [0.05, 0.1) is 11.2 Å². The highest BCUT2D eigenvalue weighted by Crippen LogP contribution is 2.19. The molecule has 9 heteroatoms. The summed E-state index contributed by atoms with van der Waals surface area (Å²) in [6.07, 6.45) is 8.83. The number of nitrogens with one attached hydrogen (secondary N) is 2. The Morgan fingerprint density at radius 3 is 2.45 bits per heavy atom. The van der Waals surface area contributed by atoms with Crippen molar-refractivity contribution in [2.24, 2.45) is 7.05 Å². The van der Waals surface area contributed by atoms with Gasteiger partial charge in [-0.1, -0.05) is 37.3 Å². The zero-order valence-corrected chi connectivity index (χ0v) is 15.1. The third-order valence-corrected chi connectivity index (χ3v) is 5.77. The van der Waals surface area contributed by atoms with Gasteiger partial charge in [-0.05, 0) is 12.8 Å². The lowest BCUT2D eigenvalue weighted by Crippen LogP contribution is -2.37. The van der Waals surface area contributed by atoms with Crippen LogP contribution >= 0.6 is 24.0 Å². The number of hydrogen-bond acceptors (Lipinski definition) is 4. The molecule has 128 valence electrons. The molecule has 22 heavy (non-hydrogen) atoms. The molecule has 1 saturated carbocycles. The van der Waals surface area contributed by atoms with Crippen molar-refractivity contribution >= 4 is 34.0 Å². The van der Waals surface area contributed by atoms with E-state index in [4.69, 9.17) is 11.6 Å². The fraction of sp³-hybridized carbons (Fsp3) is 0.769. The van der Waals surface area contributed by atoms with Crippen LogP contribution in [0.5, 0.6) is 0 Å². The molecule has 0 amide bonds. The predicted octanol–water partition coefficient (Wildman–Crippen LogP) is 2.09. The Labute approximate surface area is 143 Å². The zero-order valence-electron chi connectivity index (χ0n) is 12.7. The van der Waals surface area contributed by atoms with Crippen LogP contribution in [0.15, 0.2) is 11.2 Å². The molecule has 2 N–H and O–H groups in total. The molecule has 1 heterocycles. The number of aromatic nitrogens is 2. The van der Waals surface area contributed by atoms with Crippen LogP contribution in [-0.4, -0.2) is 37.3 Å². The van der Waals surface area contributed by atoms with Gasteiger partial charge in [0.2, 0.25) is 0 Å². The molecular weight excluding hydrogens is 347 g/mol. The molecule has 1 aromatic heterocycles. The first-order valence-corrected chi connectivity index (χ1v) is 9.27.